The summed E-state index contributed by atoms with van der Waals surface area (Å²) in [5, 5.41) is 5.47. The maximum atomic E-state index is 12.6. The van der Waals surface area contributed by atoms with Crippen LogP contribution in [0.3, 0.4) is 0 Å². The number of carbonyl (C=O) groups excluding carboxylic acids is 2. The molecule has 0 saturated heterocycles. The molecule has 0 saturated carbocycles. The molecule has 1 aliphatic rings. The third kappa shape index (κ3) is 5.06. The molecule has 32 heavy (non-hydrogen) atoms. The van der Waals surface area contributed by atoms with Gasteiger partial charge in [0.2, 0.25) is 5.91 Å². The SMILES string of the molecule is O=C1CCc2cc(OCC(=O)Nc3ccccc3NS(=O)(=O)c3ccccc3)ccc2N1. The lowest BCUT2D eigenvalue weighted by atomic mass is 10.0. The van der Waals surface area contributed by atoms with Crippen LogP contribution in [-0.4, -0.2) is 26.8 Å². The van der Waals surface area contributed by atoms with E-state index in [4.69, 9.17) is 4.74 Å². The Bertz CT molecular complexity index is 1260. The van der Waals surface area contributed by atoms with Crippen LogP contribution in [0.5, 0.6) is 5.75 Å². The molecule has 0 atom stereocenters. The first kappa shape index (κ1) is 21.4. The fraction of sp³-hybridized carbons (Fsp3) is 0.130. The number of benzene rings is 3. The van der Waals surface area contributed by atoms with Crippen LogP contribution in [0, 0.1) is 0 Å². The van der Waals surface area contributed by atoms with Gasteiger partial charge in [-0.05, 0) is 54.4 Å². The Kier molecular flexibility index (Phi) is 6.09. The van der Waals surface area contributed by atoms with Crippen molar-refractivity contribution in [2.75, 3.05) is 22.0 Å². The number of fused-ring (bicyclic) bond motifs is 1. The molecule has 0 spiro atoms. The minimum atomic E-state index is -3.80. The smallest absolute Gasteiger partial charge is 0.262 e. The minimum absolute atomic E-state index is 0.0212. The van der Waals surface area contributed by atoms with Gasteiger partial charge in [0.1, 0.15) is 5.75 Å². The minimum Gasteiger partial charge on any atom is -0.484 e. The van der Waals surface area contributed by atoms with Crippen LogP contribution in [0.25, 0.3) is 0 Å². The van der Waals surface area contributed by atoms with Crippen molar-refractivity contribution in [3.8, 4) is 5.75 Å². The van der Waals surface area contributed by atoms with E-state index in [-0.39, 0.29) is 23.1 Å². The molecule has 1 aliphatic heterocycles. The maximum Gasteiger partial charge on any atom is 0.262 e. The zero-order valence-electron chi connectivity index (χ0n) is 17.0. The molecule has 4 rings (SSSR count). The van der Waals surface area contributed by atoms with E-state index in [1.165, 1.54) is 12.1 Å². The number of amides is 2. The van der Waals surface area contributed by atoms with E-state index in [1.807, 2.05) is 0 Å². The van der Waals surface area contributed by atoms with Gasteiger partial charge in [0.05, 0.1) is 16.3 Å². The van der Waals surface area contributed by atoms with Crippen LogP contribution < -0.4 is 20.1 Å². The fourth-order valence-corrected chi connectivity index (χ4v) is 4.37. The summed E-state index contributed by atoms with van der Waals surface area (Å²) in [5.74, 6) is 0.0441. The first-order chi connectivity index (χ1) is 15.4. The van der Waals surface area contributed by atoms with E-state index in [1.54, 1.807) is 60.7 Å². The molecule has 8 nitrogen and oxygen atoms in total. The van der Waals surface area contributed by atoms with Crippen LogP contribution in [0.2, 0.25) is 0 Å². The second kappa shape index (κ2) is 9.11. The van der Waals surface area contributed by atoms with E-state index >= 15 is 0 Å². The molecule has 2 amide bonds. The van der Waals surface area contributed by atoms with Gasteiger partial charge in [-0.25, -0.2) is 8.42 Å². The van der Waals surface area contributed by atoms with E-state index in [0.29, 0.717) is 24.3 Å². The lowest BCUT2D eigenvalue weighted by Crippen LogP contribution is -2.22. The number of para-hydroxylation sites is 2. The van der Waals surface area contributed by atoms with Crippen LogP contribution in [0.4, 0.5) is 17.1 Å². The van der Waals surface area contributed by atoms with Crippen LogP contribution in [0.1, 0.15) is 12.0 Å². The highest BCUT2D eigenvalue weighted by Crippen LogP contribution is 2.27. The van der Waals surface area contributed by atoms with E-state index in [0.717, 1.165) is 11.3 Å². The predicted octanol–water partition coefficient (Wildman–Crippen LogP) is 3.39. The highest BCUT2D eigenvalue weighted by Gasteiger charge is 2.17. The third-order valence-corrected chi connectivity index (χ3v) is 6.22. The highest BCUT2D eigenvalue weighted by molar-refractivity contribution is 7.92. The topological polar surface area (TPSA) is 114 Å². The first-order valence-corrected chi connectivity index (χ1v) is 11.4. The molecule has 0 bridgehead atoms. The van der Waals surface area contributed by atoms with Gasteiger partial charge in [0, 0.05) is 12.1 Å². The van der Waals surface area contributed by atoms with Gasteiger partial charge < -0.3 is 15.4 Å². The van der Waals surface area contributed by atoms with Crippen molar-refractivity contribution >= 4 is 38.9 Å². The van der Waals surface area contributed by atoms with Gasteiger partial charge in [-0.1, -0.05) is 30.3 Å². The molecule has 0 radical (unpaired) electrons. The number of aryl methyl sites for hydroxylation is 1. The number of hydrogen-bond acceptors (Lipinski definition) is 5. The van der Waals surface area contributed by atoms with Crippen molar-refractivity contribution in [3.05, 3.63) is 78.4 Å². The fourth-order valence-electron chi connectivity index (χ4n) is 3.27. The molecule has 3 aromatic rings. The summed E-state index contributed by atoms with van der Waals surface area (Å²) >= 11 is 0. The maximum absolute atomic E-state index is 12.6. The number of rotatable bonds is 7. The standard InChI is InChI=1S/C23H21N3O5S/c27-22-13-10-16-14-17(11-12-19(16)24-22)31-15-23(28)25-20-8-4-5-9-21(20)26-32(29,30)18-6-2-1-3-7-18/h1-9,11-12,14,26H,10,13,15H2,(H,24,27)(H,25,28). The average molecular weight is 452 g/mol. The van der Waals surface area contributed by atoms with E-state index in [9.17, 15) is 18.0 Å². The van der Waals surface area contributed by atoms with Gasteiger partial charge >= 0.3 is 0 Å². The average Bonchev–Trinajstić information content (AvgIpc) is 2.79. The summed E-state index contributed by atoms with van der Waals surface area (Å²) in [6, 6.07) is 19.7. The molecule has 3 aromatic carbocycles. The van der Waals surface area contributed by atoms with E-state index < -0.39 is 15.9 Å². The number of sulfonamides is 1. The molecule has 0 unspecified atom stereocenters. The van der Waals surface area contributed by atoms with Crippen LogP contribution in [0.15, 0.2) is 77.7 Å². The Morgan fingerprint density at radius 3 is 2.44 bits per heavy atom. The quantitative estimate of drug-likeness (QED) is 0.510. The van der Waals surface area contributed by atoms with Gasteiger partial charge in [-0.15, -0.1) is 0 Å². The third-order valence-electron chi connectivity index (χ3n) is 4.84. The summed E-state index contributed by atoms with van der Waals surface area (Å²) in [5.41, 5.74) is 2.25. The molecule has 0 aliphatic carbocycles. The van der Waals surface area contributed by atoms with Crippen molar-refractivity contribution in [1.29, 1.82) is 0 Å². The first-order valence-electron chi connectivity index (χ1n) is 9.93. The lowest BCUT2D eigenvalue weighted by Gasteiger charge is -2.18. The predicted molar refractivity (Wildman–Crippen MR) is 121 cm³/mol. The lowest BCUT2D eigenvalue weighted by molar-refractivity contribution is -0.118. The van der Waals surface area contributed by atoms with Crippen LogP contribution in [-0.2, 0) is 26.0 Å². The summed E-state index contributed by atoms with van der Waals surface area (Å²) < 4.78 is 33.3. The number of nitrogens with one attached hydrogen (secondary N) is 3. The molecule has 164 valence electrons. The zero-order valence-corrected chi connectivity index (χ0v) is 17.8. The number of anilines is 3. The molecular weight excluding hydrogens is 430 g/mol. The van der Waals surface area contributed by atoms with Crippen molar-refractivity contribution in [1.82, 2.24) is 0 Å². The number of hydrogen-bond donors (Lipinski definition) is 3. The van der Waals surface area contributed by atoms with Crippen molar-refractivity contribution in [2.24, 2.45) is 0 Å². The Morgan fingerprint density at radius 2 is 1.66 bits per heavy atom. The highest BCUT2D eigenvalue weighted by atomic mass is 32.2. The summed E-state index contributed by atoms with van der Waals surface area (Å²) in [4.78, 5) is 24.0. The van der Waals surface area contributed by atoms with Gasteiger partial charge in [-0.3, -0.25) is 14.3 Å². The summed E-state index contributed by atoms with van der Waals surface area (Å²) in [6.45, 7) is -0.259. The van der Waals surface area contributed by atoms with Gasteiger partial charge in [0.25, 0.3) is 15.9 Å². The van der Waals surface area contributed by atoms with Crippen molar-refractivity contribution in [2.45, 2.75) is 17.7 Å². The summed E-state index contributed by atoms with van der Waals surface area (Å²) in [7, 11) is -3.80. The number of ether oxygens (including phenoxy) is 1. The zero-order chi connectivity index (χ0) is 22.6. The molecule has 1 heterocycles. The Labute approximate surface area is 185 Å². The molecule has 9 heteroatoms. The largest absolute Gasteiger partial charge is 0.484 e. The van der Waals surface area contributed by atoms with Crippen molar-refractivity contribution < 1.29 is 22.7 Å². The second-order valence-corrected chi connectivity index (χ2v) is 8.85. The molecule has 3 N–H and O–H groups in total. The van der Waals surface area contributed by atoms with Gasteiger partial charge in [-0.2, -0.15) is 0 Å². The Morgan fingerprint density at radius 1 is 0.938 bits per heavy atom. The molecule has 0 fully saturated rings. The second-order valence-electron chi connectivity index (χ2n) is 7.17. The van der Waals surface area contributed by atoms with Crippen molar-refractivity contribution in [3.63, 3.8) is 0 Å². The molecular formula is C23H21N3O5S. The van der Waals surface area contributed by atoms with E-state index in [2.05, 4.69) is 15.4 Å². The monoisotopic (exact) mass is 451 g/mol. The summed E-state index contributed by atoms with van der Waals surface area (Å²) in [6.07, 6.45) is 1.02. The Hall–Kier alpha value is -3.85. The van der Waals surface area contributed by atoms with Crippen LogP contribution >= 0.6 is 0 Å². The Balaban J connectivity index is 1.41. The normalized spacial score (nSPS) is 12.9. The number of carbonyl (C=O) groups is 2. The van der Waals surface area contributed by atoms with Gasteiger partial charge in [0.15, 0.2) is 6.61 Å². The molecule has 0 aromatic heterocycles.